The van der Waals surface area contributed by atoms with Crippen molar-refractivity contribution in [2.45, 2.75) is 27.8 Å². The molecule has 1 N–H and O–H groups in total. The molecule has 4 nitrogen and oxygen atoms in total. The summed E-state index contributed by atoms with van der Waals surface area (Å²) in [5, 5.41) is 9.97. The lowest BCUT2D eigenvalue weighted by Gasteiger charge is -2.10. The monoisotopic (exact) mass is 361 g/mol. The summed E-state index contributed by atoms with van der Waals surface area (Å²) < 4.78 is 27.9. The van der Waals surface area contributed by atoms with Gasteiger partial charge in [-0.05, 0) is 24.8 Å². The van der Waals surface area contributed by atoms with Crippen LogP contribution in [-0.2, 0) is 4.79 Å². The van der Waals surface area contributed by atoms with Crippen LogP contribution in [0.2, 0.25) is 0 Å². The molecule has 1 aromatic carbocycles. The molecule has 0 aliphatic heterocycles. The van der Waals surface area contributed by atoms with Gasteiger partial charge in [0.2, 0.25) is 5.91 Å². The van der Waals surface area contributed by atoms with Crippen molar-refractivity contribution in [2.75, 3.05) is 11.1 Å². The number of thioether (sulfide) groups is 2. The minimum atomic E-state index is -0.803. The number of carbonyl (C=O) groups excluding carboxylic acids is 1. The van der Waals surface area contributed by atoms with Gasteiger partial charge in [0.1, 0.15) is 11.6 Å². The van der Waals surface area contributed by atoms with Crippen molar-refractivity contribution in [3.05, 3.63) is 29.8 Å². The van der Waals surface area contributed by atoms with Gasteiger partial charge in [-0.25, -0.2) is 8.78 Å². The maximum absolute atomic E-state index is 13.5. The van der Waals surface area contributed by atoms with Crippen LogP contribution < -0.4 is 5.32 Å². The summed E-state index contributed by atoms with van der Waals surface area (Å²) in [5.41, 5.74) is -0.0432. The molecule has 1 heterocycles. The Bertz CT molecular complexity index is 666. The Hall–Kier alpha value is -1.19. The summed E-state index contributed by atoms with van der Waals surface area (Å²) in [6, 6.07) is 3.02. The Balaban J connectivity index is 1.96. The minimum absolute atomic E-state index is 0.0432. The number of halogens is 2. The Morgan fingerprint density at radius 2 is 2.09 bits per heavy atom. The van der Waals surface area contributed by atoms with E-state index in [4.69, 9.17) is 0 Å². The lowest BCUT2D eigenvalue weighted by Crippen LogP contribution is -2.22. The number of hydrogen-bond acceptors (Lipinski definition) is 6. The van der Waals surface area contributed by atoms with Crippen molar-refractivity contribution in [1.29, 1.82) is 0 Å². The van der Waals surface area contributed by atoms with Gasteiger partial charge in [-0.1, -0.05) is 41.8 Å². The number of anilines is 1. The van der Waals surface area contributed by atoms with Crippen molar-refractivity contribution in [3.8, 4) is 0 Å². The Morgan fingerprint density at radius 1 is 1.36 bits per heavy atom. The van der Waals surface area contributed by atoms with Gasteiger partial charge in [0.05, 0.1) is 10.9 Å². The van der Waals surface area contributed by atoms with Crippen LogP contribution in [0.15, 0.2) is 26.9 Å². The SMILES string of the molecule is CCSc1nnc(S[C@@H](C)C(=O)Nc2ccc(F)cc2F)s1. The average molecular weight is 361 g/mol. The van der Waals surface area contributed by atoms with Gasteiger partial charge in [-0.15, -0.1) is 10.2 Å². The normalized spacial score (nSPS) is 12.2. The molecule has 0 saturated heterocycles. The van der Waals surface area contributed by atoms with Crippen LogP contribution in [0.25, 0.3) is 0 Å². The fourth-order valence-corrected chi connectivity index (χ4v) is 4.52. The van der Waals surface area contributed by atoms with E-state index in [0.29, 0.717) is 4.34 Å². The lowest BCUT2D eigenvalue weighted by molar-refractivity contribution is -0.115. The van der Waals surface area contributed by atoms with Gasteiger partial charge in [0, 0.05) is 6.07 Å². The predicted molar refractivity (Wildman–Crippen MR) is 86.6 cm³/mol. The average Bonchev–Trinajstić information content (AvgIpc) is 2.89. The number of aromatic nitrogens is 2. The molecule has 118 valence electrons. The molecule has 1 amide bonds. The van der Waals surface area contributed by atoms with Crippen molar-refractivity contribution in [1.82, 2.24) is 10.2 Å². The molecule has 1 aromatic heterocycles. The second kappa shape index (κ2) is 7.89. The summed E-state index contributed by atoms with van der Waals surface area (Å²) in [6.45, 7) is 3.71. The van der Waals surface area contributed by atoms with Crippen molar-refractivity contribution < 1.29 is 13.6 Å². The maximum Gasteiger partial charge on any atom is 0.237 e. The molecule has 0 spiro atoms. The first-order valence-electron chi connectivity index (χ1n) is 6.38. The summed E-state index contributed by atoms with van der Waals surface area (Å²) in [6.07, 6.45) is 0. The smallest absolute Gasteiger partial charge is 0.237 e. The quantitative estimate of drug-likeness (QED) is 0.787. The second-order valence-electron chi connectivity index (χ2n) is 4.14. The van der Waals surface area contributed by atoms with Crippen LogP contribution in [0.4, 0.5) is 14.5 Å². The van der Waals surface area contributed by atoms with Gasteiger partial charge in [0.15, 0.2) is 8.68 Å². The highest BCUT2D eigenvalue weighted by Crippen LogP contribution is 2.31. The van der Waals surface area contributed by atoms with E-state index in [1.165, 1.54) is 29.2 Å². The maximum atomic E-state index is 13.5. The number of hydrogen-bond donors (Lipinski definition) is 1. The Labute approximate surface area is 139 Å². The van der Waals surface area contributed by atoms with Gasteiger partial charge in [0.25, 0.3) is 0 Å². The van der Waals surface area contributed by atoms with E-state index in [0.717, 1.165) is 22.2 Å². The zero-order valence-electron chi connectivity index (χ0n) is 11.8. The molecule has 2 aromatic rings. The highest BCUT2D eigenvalue weighted by molar-refractivity contribution is 8.03. The first-order chi connectivity index (χ1) is 10.5. The topological polar surface area (TPSA) is 54.9 Å². The van der Waals surface area contributed by atoms with Crippen molar-refractivity contribution in [2.24, 2.45) is 0 Å². The summed E-state index contributed by atoms with van der Waals surface area (Å²) in [5.74, 6) is -0.967. The van der Waals surface area contributed by atoms with E-state index in [1.54, 1.807) is 18.7 Å². The first kappa shape index (κ1) is 17.2. The van der Waals surface area contributed by atoms with Gasteiger partial charge < -0.3 is 5.32 Å². The summed E-state index contributed by atoms with van der Waals surface area (Å²) in [4.78, 5) is 12.0. The number of amides is 1. The predicted octanol–water partition coefficient (Wildman–Crippen LogP) is 4.05. The van der Waals surface area contributed by atoms with Crippen LogP contribution in [0.1, 0.15) is 13.8 Å². The molecule has 0 unspecified atom stereocenters. The van der Waals surface area contributed by atoms with Crippen LogP contribution >= 0.6 is 34.9 Å². The number of nitrogens with one attached hydrogen (secondary N) is 1. The fraction of sp³-hybridized carbons (Fsp3) is 0.308. The zero-order chi connectivity index (χ0) is 16.1. The highest BCUT2D eigenvalue weighted by atomic mass is 32.2. The summed E-state index contributed by atoms with van der Waals surface area (Å²) >= 11 is 4.25. The van der Waals surface area contributed by atoms with E-state index >= 15 is 0 Å². The van der Waals surface area contributed by atoms with E-state index in [2.05, 4.69) is 15.5 Å². The molecule has 0 saturated carbocycles. The van der Waals surface area contributed by atoms with Crippen LogP contribution in [0.3, 0.4) is 0 Å². The van der Waals surface area contributed by atoms with Crippen LogP contribution in [0, 0.1) is 11.6 Å². The third-order valence-electron chi connectivity index (χ3n) is 2.49. The number of benzene rings is 1. The van der Waals surface area contributed by atoms with Crippen LogP contribution in [-0.4, -0.2) is 27.1 Å². The van der Waals surface area contributed by atoms with Crippen molar-refractivity contribution >= 4 is 46.5 Å². The highest BCUT2D eigenvalue weighted by Gasteiger charge is 2.18. The van der Waals surface area contributed by atoms with E-state index < -0.39 is 16.9 Å². The third-order valence-corrected chi connectivity index (χ3v) is 5.61. The molecule has 1 atom stereocenters. The number of nitrogens with zero attached hydrogens (tertiary/aromatic N) is 2. The van der Waals surface area contributed by atoms with E-state index in [9.17, 15) is 13.6 Å². The Morgan fingerprint density at radius 3 is 2.77 bits per heavy atom. The summed E-state index contributed by atoms with van der Waals surface area (Å²) in [7, 11) is 0. The third kappa shape index (κ3) is 4.65. The van der Waals surface area contributed by atoms with E-state index in [-0.39, 0.29) is 11.6 Å². The van der Waals surface area contributed by atoms with Crippen LogP contribution in [0.5, 0.6) is 0 Å². The molecular formula is C13H13F2N3OS3. The second-order valence-corrected chi connectivity index (χ2v) is 8.22. The fourth-order valence-electron chi connectivity index (χ4n) is 1.46. The molecule has 0 fully saturated rings. The molecule has 0 radical (unpaired) electrons. The van der Waals surface area contributed by atoms with Gasteiger partial charge in [-0.2, -0.15) is 0 Å². The lowest BCUT2D eigenvalue weighted by atomic mass is 10.3. The standard InChI is InChI=1S/C13H13F2N3OS3/c1-3-20-12-17-18-13(22-12)21-7(2)11(19)16-10-5-4-8(14)6-9(10)15/h4-7H,3H2,1-2H3,(H,16,19)/t7-/m0/s1. The number of rotatable bonds is 6. The molecule has 0 aliphatic carbocycles. The molecule has 2 rings (SSSR count). The van der Waals surface area contributed by atoms with Crippen molar-refractivity contribution in [3.63, 3.8) is 0 Å². The minimum Gasteiger partial charge on any atom is -0.323 e. The Kier molecular flexibility index (Phi) is 6.16. The first-order valence-corrected chi connectivity index (χ1v) is 9.06. The molecule has 0 bridgehead atoms. The zero-order valence-corrected chi connectivity index (χ0v) is 14.2. The largest absolute Gasteiger partial charge is 0.323 e. The molecule has 0 aliphatic rings. The van der Waals surface area contributed by atoms with E-state index in [1.807, 2.05) is 6.92 Å². The molecular weight excluding hydrogens is 348 g/mol. The van der Waals surface area contributed by atoms with Gasteiger partial charge >= 0.3 is 0 Å². The number of carbonyl (C=O) groups is 1. The van der Waals surface area contributed by atoms with Gasteiger partial charge in [-0.3, -0.25) is 4.79 Å². The molecule has 9 heteroatoms. The molecule has 22 heavy (non-hydrogen) atoms.